The summed E-state index contributed by atoms with van der Waals surface area (Å²) < 4.78 is 10.4. The van der Waals surface area contributed by atoms with Gasteiger partial charge in [-0.1, -0.05) is 0 Å². The summed E-state index contributed by atoms with van der Waals surface area (Å²) in [5.41, 5.74) is 0.912. The average Bonchev–Trinajstić information content (AvgIpc) is 2.36. The number of fused-ring (bicyclic) bond motifs is 1. The normalized spacial score (nSPS) is 10.5. The standard InChI is InChI=1S/C12H12ClNO3/c1-16-9-3-4-10(17-2)11-8(9)5-7(6-13)12(15)14-11/h3-5H,6H2,1-2H3,(H,14,15). The van der Waals surface area contributed by atoms with Crippen LogP contribution in [-0.4, -0.2) is 19.2 Å². The predicted octanol–water partition coefficient (Wildman–Crippen LogP) is 2.28. The van der Waals surface area contributed by atoms with Crippen LogP contribution in [0.1, 0.15) is 5.56 Å². The lowest BCUT2D eigenvalue weighted by Gasteiger charge is -2.10. The Kier molecular flexibility index (Phi) is 3.24. The molecule has 1 aromatic heterocycles. The minimum absolute atomic E-state index is 0.158. The van der Waals surface area contributed by atoms with Gasteiger partial charge in [-0.05, 0) is 18.2 Å². The van der Waals surface area contributed by atoms with E-state index >= 15 is 0 Å². The molecule has 0 fully saturated rings. The smallest absolute Gasteiger partial charge is 0.252 e. The Morgan fingerprint density at radius 2 is 1.88 bits per heavy atom. The maximum atomic E-state index is 11.7. The molecule has 0 saturated carbocycles. The lowest BCUT2D eigenvalue weighted by Crippen LogP contribution is -2.11. The first-order valence-electron chi connectivity index (χ1n) is 5.04. The summed E-state index contributed by atoms with van der Waals surface area (Å²) in [4.78, 5) is 14.5. The molecule has 0 unspecified atom stereocenters. The Balaban J connectivity index is 2.86. The zero-order valence-corrected chi connectivity index (χ0v) is 10.3. The van der Waals surface area contributed by atoms with Crippen LogP contribution in [0.2, 0.25) is 0 Å². The third-order valence-corrected chi connectivity index (χ3v) is 2.89. The second kappa shape index (κ2) is 4.67. The number of nitrogens with one attached hydrogen (secondary N) is 1. The van der Waals surface area contributed by atoms with Gasteiger partial charge in [0.25, 0.3) is 5.56 Å². The van der Waals surface area contributed by atoms with E-state index in [2.05, 4.69) is 4.98 Å². The number of methoxy groups -OCH3 is 2. The first-order valence-corrected chi connectivity index (χ1v) is 5.57. The van der Waals surface area contributed by atoms with Crippen LogP contribution in [0.25, 0.3) is 10.9 Å². The van der Waals surface area contributed by atoms with Crippen molar-refractivity contribution in [2.45, 2.75) is 5.88 Å². The van der Waals surface area contributed by atoms with Crippen LogP contribution in [0.4, 0.5) is 0 Å². The van der Waals surface area contributed by atoms with Gasteiger partial charge in [0.2, 0.25) is 0 Å². The molecule has 17 heavy (non-hydrogen) atoms. The SMILES string of the molecule is COc1ccc(OC)c2[nH]c(=O)c(CCl)cc12. The summed E-state index contributed by atoms with van der Waals surface area (Å²) in [5, 5.41) is 0.780. The van der Waals surface area contributed by atoms with Crippen molar-refractivity contribution in [3.05, 3.63) is 34.1 Å². The topological polar surface area (TPSA) is 51.3 Å². The van der Waals surface area contributed by atoms with Crippen molar-refractivity contribution in [2.75, 3.05) is 14.2 Å². The fourth-order valence-electron chi connectivity index (χ4n) is 1.73. The number of benzene rings is 1. The predicted molar refractivity (Wildman–Crippen MR) is 67.2 cm³/mol. The van der Waals surface area contributed by atoms with E-state index in [0.29, 0.717) is 22.6 Å². The van der Waals surface area contributed by atoms with Crippen molar-refractivity contribution in [1.82, 2.24) is 4.98 Å². The number of hydrogen-bond acceptors (Lipinski definition) is 3. The Morgan fingerprint density at radius 3 is 2.47 bits per heavy atom. The number of aromatic amines is 1. The monoisotopic (exact) mass is 253 g/mol. The van der Waals surface area contributed by atoms with Gasteiger partial charge in [-0.25, -0.2) is 0 Å². The van der Waals surface area contributed by atoms with Gasteiger partial charge >= 0.3 is 0 Å². The molecule has 2 rings (SSSR count). The van der Waals surface area contributed by atoms with E-state index in [-0.39, 0.29) is 11.4 Å². The highest BCUT2D eigenvalue weighted by Gasteiger charge is 2.10. The van der Waals surface area contributed by atoms with E-state index in [1.165, 1.54) is 0 Å². The Bertz CT molecular complexity index is 606. The van der Waals surface area contributed by atoms with E-state index in [1.807, 2.05) is 0 Å². The largest absolute Gasteiger partial charge is 0.496 e. The van der Waals surface area contributed by atoms with E-state index in [9.17, 15) is 4.79 Å². The molecule has 4 nitrogen and oxygen atoms in total. The van der Waals surface area contributed by atoms with Gasteiger partial charge < -0.3 is 14.5 Å². The third-order valence-electron chi connectivity index (χ3n) is 2.60. The van der Waals surface area contributed by atoms with Gasteiger partial charge in [0.15, 0.2) is 0 Å². The van der Waals surface area contributed by atoms with Gasteiger partial charge in [0.05, 0.1) is 25.6 Å². The minimum Gasteiger partial charge on any atom is -0.496 e. The first kappa shape index (κ1) is 11.8. The highest BCUT2D eigenvalue weighted by atomic mass is 35.5. The second-order valence-electron chi connectivity index (χ2n) is 3.52. The molecule has 1 heterocycles. The van der Waals surface area contributed by atoms with Gasteiger partial charge in [-0.3, -0.25) is 4.79 Å². The zero-order valence-electron chi connectivity index (χ0n) is 9.54. The number of halogens is 1. The summed E-state index contributed by atoms with van der Waals surface area (Å²) in [6, 6.07) is 5.26. The summed E-state index contributed by atoms with van der Waals surface area (Å²) in [6.07, 6.45) is 0. The van der Waals surface area contributed by atoms with Crippen molar-refractivity contribution in [2.24, 2.45) is 0 Å². The van der Waals surface area contributed by atoms with E-state index < -0.39 is 0 Å². The Morgan fingerprint density at radius 1 is 1.24 bits per heavy atom. The number of pyridine rings is 1. The molecule has 0 radical (unpaired) electrons. The number of rotatable bonds is 3. The van der Waals surface area contributed by atoms with Crippen LogP contribution in [-0.2, 0) is 5.88 Å². The molecule has 0 aliphatic heterocycles. The van der Waals surface area contributed by atoms with Crippen LogP contribution in [0.3, 0.4) is 0 Å². The number of aromatic nitrogens is 1. The van der Waals surface area contributed by atoms with Crippen LogP contribution in [0.5, 0.6) is 11.5 Å². The molecule has 1 N–H and O–H groups in total. The molecule has 0 amide bonds. The summed E-state index contributed by atoms with van der Waals surface area (Å²) in [5.74, 6) is 1.42. The zero-order chi connectivity index (χ0) is 12.4. The first-order chi connectivity index (χ1) is 8.21. The van der Waals surface area contributed by atoms with Crippen molar-refractivity contribution < 1.29 is 9.47 Å². The lowest BCUT2D eigenvalue weighted by atomic mass is 10.1. The molecule has 0 aliphatic rings. The van der Waals surface area contributed by atoms with Crippen molar-refractivity contribution >= 4 is 22.5 Å². The Labute approximate surface area is 103 Å². The molecule has 0 spiro atoms. The molecule has 0 atom stereocenters. The molecular weight excluding hydrogens is 242 g/mol. The van der Waals surface area contributed by atoms with Crippen molar-refractivity contribution in [3.8, 4) is 11.5 Å². The summed E-state index contributed by atoms with van der Waals surface area (Å²) >= 11 is 5.71. The van der Waals surface area contributed by atoms with Gasteiger partial charge in [0, 0.05) is 10.9 Å². The van der Waals surface area contributed by atoms with E-state index in [0.717, 1.165) is 5.39 Å². The highest BCUT2D eigenvalue weighted by molar-refractivity contribution is 6.17. The number of H-pyrrole nitrogens is 1. The lowest BCUT2D eigenvalue weighted by molar-refractivity contribution is 0.409. The van der Waals surface area contributed by atoms with Crippen molar-refractivity contribution in [3.63, 3.8) is 0 Å². The van der Waals surface area contributed by atoms with E-state index in [4.69, 9.17) is 21.1 Å². The maximum Gasteiger partial charge on any atom is 0.252 e. The molecule has 0 saturated heterocycles. The van der Waals surface area contributed by atoms with Gasteiger partial charge in [-0.2, -0.15) is 0 Å². The highest BCUT2D eigenvalue weighted by Crippen LogP contribution is 2.31. The molecule has 1 aromatic carbocycles. The summed E-state index contributed by atoms with van der Waals surface area (Å²) in [7, 11) is 3.13. The van der Waals surface area contributed by atoms with Crippen LogP contribution >= 0.6 is 11.6 Å². The van der Waals surface area contributed by atoms with Crippen LogP contribution in [0, 0.1) is 0 Å². The maximum absolute atomic E-state index is 11.7. The fourth-order valence-corrected chi connectivity index (χ4v) is 1.93. The second-order valence-corrected chi connectivity index (χ2v) is 3.78. The fraction of sp³-hybridized carbons (Fsp3) is 0.250. The van der Waals surface area contributed by atoms with Crippen molar-refractivity contribution in [1.29, 1.82) is 0 Å². The minimum atomic E-state index is -0.209. The molecule has 90 valence electrons. The quantitative estimate of drug-likeness (QED) is 0.854. The number of ether oxygens (including phenoxy) is 2. The molecule has 0 aliphatic carbocycles. The van der Waals surface area contributed by atoms with Gasteiger partial charge in [-0.15, -0.1) is 11.6 Å². The number of hydrogen-bond donors (Lipinski definition) is 1. The molecule has 2 aromatic rings. The van der Waals surface area contributed by atoms with E-state index in [1.54, 1.807) is 32.4 Å². The molecule has 0 bridgehead atoms. The average molecular weight is 254 g/mol. The van der Waals surface area contributed by atoms with Crippen LogP contribution in [0.15, 0.2) is 23.0 Å². The third kappa shape index (κ3) is 1.96. The Hall–Kier alpha value is -1.68. The van der Waals surface area contributed by atoms with Crippen LogP contribution < -0.4 is 15.0 Å². The summed E-state index contributed by atoms with van der Waals surface area (Å²) in [6.45, 7) is 0. The molecule has 5 heteroatoms. The van der Waals surface area contributed by atoms with Gasteiger partial charge in [0.1, 0.15) is 11.5 Å². The molecular formula is C12H12ClNO3. The number of alkyl halides is 1.